The third-order valence-electron chi connectivity index (χ3n) is 3.18. The van der Waals surface area contributed by atoms with Gasteiger partial charge in [-0.25, -0.2) is 9.79 Å². The number of hydrogen-bond acceptors (Lipinski definition) is 4. The molecule has 0 spiro atoms. The maximum absolute atomic E-state index is 12.1. The zero-order valence-corrected chi connectivity index (χ0v) is 15.8. The SMILES string of the molecule is COc1ccc(Br)cc1C=C1N=C(c2cccc(I)c2)OC1=O. The number of halogens is 2. The normalized spacial score (nSPS) is 15.5. The van der Waals surface area contributed by atoms with Crippen molar-refractivity contribution in [1.82, 2.24) is 0 Å². The van der Waals surface area contributed by atoms with E-state index < -0.39 is 5.97 Å². The molecule has 2 aromatic carbocycles. The van der Waals surface area contributed by atoms with Crippen molar-refractivity contribution in [2.45, 2.75) is 0 Å². The van der Waals surface area contributed by atoms with Crippen LogP contribution < -0.4 is 4.74 Å². The molecule has 23 heavy (non-hydrogen) atoms. The van der Waals surface area contributed by atoms with Crippen molar-refractivity contribution in [2.24, 2.45) is 4.99 Å². The topological polar surface area (TPSA) is 47.9 Å². The average molecular weight is 484 g/mol. The highest BCUT2D eigenvalue weighted by atomic mass is 127. The molecule has 0 aliphatic carbocycles. The van der Waals surface area contributed by atoms with Crippen molar-refractivity contribution in [3.05, 3.63) is 67.3 Å². The summed E-state index contributed by atoms with van der Waals surface area (Å²) in [4.78, 5) is 16.4. The van der Waals surface area contributed by atoms with Gasteiger partial charge >= 0.3 is 5.97 Å². The van der Waals surface area contributed by atoms with Gasteiger partial charge in [0, 0.05) is 19.2 Å². The van der Waals surface area contributed by atoms with Gasteiger partial charge in [-0.1, -0.05) is 22.0 Å². The number of carbonyl (C=O) groups excluding carboxylic acids is 1. The molecule has 3 rings (SSSR count). The van der Waals surface area contributed by atoms with E-state index in [9.17, 15) is 4.79 Å². The second-order valence-electron chi connectivity index (χ2n) is 4.73. The van der Waals surface area contributed by atoms with Crippen LogP contribution >= 0.6 is 38.5 Å². The molecule has 0 radical (unpaired) electrons. The molecule has 0 fully saturated rings. The van der Waals surface area contributed by atoms with E-state index in [4.69, 9.17) is 9.47 Å². The smallest absolute Gasteiger partial charge is 0.363 e. The minimum absolute atomic E-state index is 0.246. The lowest BCUT2D eigenvalue weighted by molar-refractivity contribution is -0.129. The van der Waals surface area contributed by atoms with Crippen molar-refractivity contribution in [3.63, 3.8) is 0 Å². The maximum Gasteiger partial charge on any atom is 0.363 e. The van der Waals surface area contributed by atoms with Crippen LogP contribution in [0.3, 0.4) is 0 Å². The highest BCUT2D eigenvalue weighted by Crippen LogP contribution is 2.27. The van der Waals surface area contributed by atoms with E-state index in [1.165, 1.54) is 0 Å². The molecule has 0 amide bonds. The van der Waals surface area contributed by atoms with Crippen LogP contribution in [0.25, 0.3) is 6.08 Å². The second kappa shape index (κ2) is 6.84. The Kier molecular flexibility index (Phi) is 4.82. The minimum Gasteiger partial charge on any atom is -0.496 e. The summed E-state index contributed by atoms with van der Waals surface area (Å²) in [5.41, 5.74) is 1.77. The lowest BCUT2D eigenvalue weighted by atomic mass is 10.1. The van der Waals surface area contributed by atoms with Gasteiger partial charge in [-0.2, -0.15) is 0 Å². The van der Waals surface area contributed by atoms with Crippen LogP contribution in [0, 0.1) is 3.57 Å². The molecule has 0 atom stereocenters. The van der Waals surface area contributed by atoms with E-state index in [2.05, 4.69) is 43.5 Å². The van der Waals surface area contributed by atoms with Crippen LogP contribution in [-0.4, -0.2) is 19.0 Å². The summed E-state index contributed by atoms with van der Waals surface area (Å²) in [5.74, 6) is 0.501. The van der Waals surface area contributed by atoms with Crippen molar-refractivity contribution < 1.29 is 14.3 Å². The molecular weight excluding hydrogens is 473 g/mol. The Labute approximate surface area is 155 Å². The van der Waals surface area contributed by atoms with E-state index in [0.29, 0.717) is 11.6 Å². The molecule has 2 aromatic rings. The van der Waals surface area contributed by atoms with Gasteiger partial charge in [0.2, 0.25) is 5.90 Å². The Bertz CT molecular complexity index is 845. The molecule has 0 saturated heterocycles. The largest absolute Gasteiger partial charge is 0.496 e. The quantitative estimate of drug-likeness (QED) is 0.369. The highest BCUT2D eigenvalue weighted by molar-refractivity contribution is 14.1. The Balaban J connectivity index is 2.00. The van der Waals surface area contributed by atoms with Crippen molar-refractivity contribution in [3.8, 4) is 5.75 Å². The van der Waals surface area contributed by atoms with E-state index in [1.54, 1.807) is 13.2 Å². The summed E-state index contributed by atoms with van der Waals surface area (Å²) in [6.07, 6.45) is 1.66. The first-order valence-electron chi connectivity index (χ1n) is 6.69. The zero-order chi connectivity index (χ0) is 16.4. The fraction of sp³-hybridized carbons (Fsp3) is 0.0588. The number of nitrogens with zero attached hydrogens (tertiary/aromatic N) is 1. The van der Waals surface area contributed by atoms with Crippen LogP contribution in [0.2, 0.25) is 0 Å². The van der Waals surface area contributed by atoms with Crippen molar-refractivity contribution >= 4 is 56.5 Å². The number of cyclic esters (lactones) is 1. The number of benzene rings is 2. The molecule has 0 aromatic heterocycles. The van der Waals surface area contributed by atoms with E-state index in [1.807, 2.05) is 42.5 Å². The van der Waals surface area contributed by atoms with Crippen LogP contribution in [0.4, 0.5) is 0 Å². The molecule has 0 bridgehead atoms. The number of carbonyl (C=O) groups is 1. The monoisotopic (exact) mass is 483 g/mol. The van der Waals surface area contributed by atoms with Gasteiger partial charge in [-0.3, -0.25) is 0 Å². The molecule has 0 N–H and O–H groups in total. The van der Waals surface area contributed by atoms with Crippen LogP contribution in [0.1, 0.15) is 11.1 Å². The number of esters is 1. The first kappa shape index (κ1) is 16.2. The molecule has 4 nitrogen and oxygen atoms in total. The van der Waals surface area contributed by atoms with E-state index in [0.717, 1.165) is 19.2 Å². The number of methoxy groups -OCH3 is 1. The Morgan fingerprint density at radius 2 is 2.09 bits per heavy atom. The van der Waals surface area contributed by atoms with E-state index in [-0.39, 0.29) is 5.70 Å². The molecule has 1 heterocycles. The second-order valence-corrected chi connectivity index (χ2v) is 6.89. The van der Waals surface area contributed by atoms with Gasteiger partial charge in [0.1, 0.15) is 5.75 Å². The summed E-state index contributed by atoms with van der Waals surface area (Å²) >= 11 is 5.61. The summed E-state index contributed by atoms with van der Waals surface area (Å²) in [5, 5.41) is 0. The number of ether oxygens (including phenoxy) is 2. The summed E-state index contributed by atoms with van der Waals surface area (Å²) in [6, 6.07) is 13.2. The van der Waals surface area contributed by atoms with Crippen LogP contribution in [-0.2, 0) is 9.53 Å². The Morgan fingerprint density at radius 1 is 1.26 bits per heavy atom. The predicted octanol–water partition coefficient (Wildman–Crippen LogP) is 4.41. The Hall–Kier alpha value is -1.67. The molecule has 1 aliphatic rings. The third-order valence-corrected chi connectivity index (χ3v) is 4.34. The van der Waals surface area contributed by atoms with Crippen LogP contribution in [0.5, 0.6) is 5.75 Å². The third kappa shape index (κ3) is 3.64. The first-order chi connectivity index (χ1) is 11.1. The Morgan fingerprint density at radius 3 is 2.83 bits per heavy atom. The van der Waals surface area contributed by atoms with Gasteiger partial charge in [-0.05, 0) is 65.1 Å². The molecule has 0 saturated carbocycles. The van der Waals surface area contributed by atoms with Gasteiger partial charge in [-0.15, -0.1) is 0 Å². The first-order valence-corrected chi connectivity index (χ1v) is 8.56. The summed E-state index contributed by atoms with van der Waals surface area (Å²) in [7, 11) is 1.58. The highest BCUT2D eigenvalue weighted by Gasteiger charge is 2.24. The fourth-order valence-electron chi connectivity index (χ4n) is 2.12. The van der Waals surface area contributed by atoms with Crippen LogP contribution in [0.15, 0.2) is 57.6 Å². The zero-order valence-electron chi connectivity index (χ0n) is 12.0. The van der Waals surface area contributed by atoms with Gasteiger partial charge < -0.3 is 9.47 Å². The number of rotatable bonds is 3. The molecule has 0 unspecified atom stereocenters. The molecule has 1 aliphatic heterocycles. The standard InChI is InChI=1S/C17H11BrINO3/c1-22-15-6-5-12(18)7-11(15)9-14-17(21)23-16(20-14)10-3-2-4-13(19)8-10/h2-9H,1H3. The van der Waals surface area contributed by atoms with E-state index >= 15 is 0 Å². The number of aliphatic imine (C=N–C) groups is 1. The van der Waals surface area contributed by atoms with Gasteiger partial charge in [0.15, 0.2) is 5.70 Å². The minimum atomic E-state index is -0.471. The fourth-order valence-corrected chi connectivity index (χ4v) is 3.04. The lowest BCUT2D eigenvalue weighted by Gasteiger charge is -2.04. The summed E-state index contributed by atoms with van der Waals surface area (Å²) < 4.78 is 12.5. The lowest BCUT2D eigenvalue weighted by Crippen LogP contribution is -2.05. The van der Waals surface area contributed by atoms with Gasteiger partial charge in [0.05, 0.1) is 7.11 Å². The maximum atomic E-state index is 12.1. The summed E-state index contributed by atoms with van der Waals surface area (Å²) in [6.45, 7) is 0. The molecule has 6 heteroatoms. The molecule has 116 valence electrons. The molecular formula is C17H11BrINO3. The van der Waals surface area contributed by atoms with Gasteiger partial charge in [0.25, 0.3) is 0 Å². The average Bonchev–Trinajstić information content (AvgIpc) is 2.89. The van der Waals surface area contributed by atoms with Crippen molar-refractivity contribution in [2.75, 3.05) is 7.11 Å². The number of hydrogen-bond donors (Lipinski definition) is 0. The predicted molar refractivity (Wildman–Crippen MR) is 100 cm³/mol. The van der Waals surface area contributed by atoms with Crippen molar-refractivity contribution in [1.29, 1.82) is 0 Å².